The molecular formula is C18H18Cl2N2OS. The first kappa shape index (κ1) is 16.2. The van der Waals surface area contributed by atoms with E-state index < -0.39 is 6.17 Å². The van der Waals surface area contributed by atoms with Gasteiger partial charge in [0, 0.05) is 20.5 Å². The van der Waals surface area contributed by atoms with Crippen LogP contribution in [-0.4, -0.2) is 5.91 Å². The van der Waals surface area contributed by atoms with Crippen molar-refractivity contribution in [3.63, 3.8) is 0 Å². The molecule has 2 aromatic rings. The Morgan fingerprint density at radius 1 is 1.25 bits per heavy atom. The minimum atomic E-state index is -0.395. The second kappa shape index (κ2) is 6.25. The standard InChI is InChI=1S/C18H18Cl2N2OS/c1-2-9-6-7-10-13(8-9)24-18-14(10)17(23)21-16(22-18)15-11(19)4-3-5-12(15)20/h3-5,9,16,22H,2,6-8H2,1H3,(H,21,23)/t9-,16-/m1/s1. The van der Waals surface area contributed by atoms with Crippen molar-refractivity contribution in [1.82, 2.24) is 5.32 Å². The third kappa shape index (κ3) is 2.61. The molecule has 24 heavy (non-hydrogen) atoms. The van der Waals surface area contributed by atoms with Crippen molar-refractivity contribution >= 4 is 45.4 Å². The summed E-state index contributed by atoms with van der Waals surface area (Å²) >= 11 is 14.3. The predicted octanol–water partition coefficient (Wildman–Crippen LogP) is 5.42. The molecule has 1 aromatic heterocycles. The Morgan fingerprint density at radius 2 is 2.00 bits per heavy atom. The van der Waals surface area contributed by atoms with Crippen LogP contribution in [0.1, 0.15) is 52.3 Å². The molecule has 0 saturated carbocycles. The molecule has 126 valence electrons. The van der Waals surface area contributed by atoms with E-state index in [2.05, 4.69) is 17.6 Å². The van der Waals surface area contributed by atoms with E-state index >= 15 is 0 Å². The summed E-state index contributed by atoms with van der Waals surface area (Å²) in [5.74, 6) is 0.701. The number of amides is 1. The zero-order valence-electron chi connectivity index (χ0n) is 13.3. The Labute approximate surface area is 155 Å². The zero-order valence-corrected chi connectivity index (χ0v) is 15.6. The van der Waals surface area contributed by atoms with Crippen molar-refractivity contribution in [2.75, 3.05) is 5.32 Å². The summed E-state index contributed by atoms with van der Waals surface area (Å²) < 4.78 is 0. The summed E-state index contributed by atoms with van der Waals surface area (Å²) in [4.78, 5) is 14.1. The fourth-order valence-corrected chi connectivity index (χ4v) is 5.65. The molecular weight excluding hydrogens is 363 g/mol. The van der Waals surface area contributed by atoms with Crippen LogP contribution in [0.2, 0.25) is 10.0 Å². The van der Waals surface area contributed by atoms with E-state index in [1.54, 1.807) is 29.5 Å². The summed E-state index contributed by atoms with van der Waals surface area (Å²) in [5, 5.41) is 8.50. The molecule has 1 aliphatic carbocycles. The van der Waals surface area contributed by atoms with Crippen LogP contribution in [0, 0.1) is 5.92 Å². The maximum Gasteiger partial charge on any atom is 0.256 e. The average Bonchev–Trinajstić information content (AvgIpc) is 2.92. The lowest BCUT2D eigenvalue weighted by Crippen LogP contribution is -2.38. The average molecular weight is 381 g/mol. The molecule has 4 rings (SSSR count). The highest BCUT2D eigenvalue weighted by Gasteiger charge is 2.34. The lowest BCUT2D eigenvalue weighted by atomic mass is 9.85. The minimum Gasteiger partial charge on any atom is -0.353 e. The van der Waals surface area contributed by atoms with Crippen LogP contribution in [-0.2, 0) is 12.8 Å². The maximum absolute atomic E-state index is 12.7. The highest BCUT2D eigenvalue weighted by molar-refractivity contribution is 7.16. The molecule has 0 spiro atoms. The fraction of sp³-hybridized carbons (Fsp3) is 0.389. The molecule has 6 heteroatoms. The number of anilines is 1. The Balaban J connectivity index is 1.71. The fourth-order valence-electron chi connectivity index (χ4n) is 3.65. The van der Waals surface area contributed by atoms with Crippen LogP contribution in [0.3, 0.4) is 0 Å². The van der Waals surface area contributed by atoms with Crippen molar-refractivity contribution in [3.8, 4) is 0 Å². The summed E-state index contributed by atoms with van der Waals surface area (Å²) in [5.41, 5.74) is 2.77. The van der Waals surface area contributed by atoms with Gasteiger partial charge in [-0.25, -0.2) is 0 Å². The van der Waals surface area contributed by atoms with E-state index in [9.17, 15) is 4.79 Å². The number of halogens is 2. The van der Waals surface area contributed by atoms with E-state index in [-0.39, 0.29) is 5.91 Å². The maximum atomic E-state index is 12.7. The summed E-state index contributed by atoms with van der Waals surface area (Å²) in [6.45, 7) is 2.24. The number of carbonyl (C=O) groups excluding carboxylic acids is 1. The van der Waals surface area contributed by atoms with Crippen molar-refractivity contribution in [1.29, 1.82) is 0 Å². The molecule has 2 atom stereocenters. The third-order valence-electron chi connectivity index (χ3n) is 5.01. The molecule has 1 amide bonds. The molecule has 0 fully saturated rings. The minimum absolute atomic E-state index is 0.0304. The lowest BCUT2D eigenvalue weighted by Gasteiger charge is -2.28. The summed E-state index contributed by atoms with van der Waals surface area (Å²) in [7, 11) is 0. The van der Waals surface area contributed by atoms with Gasteiger partial charge in [0.2, 0.25) is 0 Å². The molecule has 3 nitrogen and oxygen atoms in total. The van der Waals surface area contributed by atoms with Crippen LogP contribution in [0.15, 0.2) is 18.2 Å². The normalized spacial score (nSPS) is 22.4. The number of hydrogen-bond donors (Lipinski definition) is 2. The molecule has 0 radical (unpaired) electrons. The Bertz CT molecular complexity index is 797. The molecule has 2 aliphatic rings. The van der Waals surface area contributed by atoms with Gasteiger partial charge in [0.15, 0.2) is 0 Å². The van der Waals surface area contributed by atoms with E-state index in [0.717, 1.165) is 34.9 Å². The van der Waals surface area contributed by atoms with Crippen molar-refractivity contribution in [2.45, 2.75) is 38.8 Å². The van der Waals surface area contributed by atoms with Gasteiger partial charge in [0.25, 0.3) is 5.91 Å². The quantitative estimate of drug-likeness (QED) is 0.729. The molecule has 1 aromatic carbocycles. The second-order valence-electron chi connectivity index (χ2n) is 6.41. The molecule has 2 heterocycles. The lowest BCUT2D eigenvalue weighted by molar-refractivity contribution is 0.0935. The van der Waals surface area contributed by atoms with Gasteiger partial charge < -0.3 is 10.6 Å². The van der Waals surface area contributed by atoms with E-state index in [4.69, 9.17) is 23.2 Å². The number of nitrogens with one attached hydrogen (secondary N) is 2. The SMILES string of the molecule is CC[C@@H]1CCc2c(sc3c2C(=O)N[C@@H](c2c(Cl)cccc2Cl)N3)C1. The topological polar surface area (TPSA) is 41.1 Å². The second-order valence-corrected chi connectivity index (χ2v) is 8.33. The highest BCUT2D eigenvalue weighted by atomic mass is 35.5. The number of carbonyl (C=O) groups is 1. The number of thiophene rings is 1. The number of fused-ring (bicyclic) bond motifs is 3. The van der Waals surface area contributed by atoms with E-state index in [0.29, 0.717) is 10.0 Å². The molecule has 2 N–H and O–H groups in total. The van der Waals surface area contributed by atoms with E-state index in [1.165, 1.54) is 23.3 Å². The zero-order chi connectivity index (χ0) is 16.8. The van der Waals surface area contributed by atoms with Crippen molar-refractivity contribution in [2.24, 2.45) is 5.92 Å². The van der Waals surface area contributed by atoms with Gasteiger partial charge in [0.05, 0.1) is 5.56 Å². The molecule has 0 bridgehead atoms. The van der Waals surface area contributed by atoms with Crippen LogP contribution in [0.5, 0.6) is 0 Å². The molecule has 1 aliphatic heterocycles. The largest absolute Gasteiger partial charge is 0.353 e. The van der Waals surface area contributed by atoms with Crippen LogP contribution in [0.25, 0.3) is 0 Å². The Morgan fingerprint density at radius 3 is 2.71 bits per heavy atom. The predicted molar refractivity (Wildman–Crippen MR) is 100 cm³/mol. The third-order valence-corrected chi connectivity index (χ3v) is 6.86. The smallest absolute Gasteiger partial charge is 0.256 e. The van der Waals surface area contributed by atoms with Gasteiger partial charge >= 0.3 is 0 Å². The molecule has 0 saturated heterocycles. The van der Waals surface area contributed by atoms with Crippen LogP contribution in [0.4, 0.5) is 5.00 Å². The van der Waals surface area contributed by atoms with Crippen LogP contribution < -0.4 is 10.6 Å². The van der Waals surface area contributed by atoms with Crippen LogP contribution >= 0.6 is 34.5 Å². The number of rotatable bonds is 2. The Hall–Kier alpha value is -1.23. The first-order valence-electron chi connectivity index (χ1n) is 8.24. The van der Waals surface area contributed by atoms with Crippen molar-refractivity contribution < 1.29 is 4.79 Å². The van der Waals surface area contributed by atoms with E-state index in [1.807, 2.05) is 0 Å². The first-order valence-corrected chi connectivity index (χ1v) is 9.81. The highest BCUT2D eigenvalue weighted by Crippen LogP contribution is 2.44. The summed E-state index contributed by atoms with van der Waals surface area (Å²) in [6, 6.07) is 5.38. The van der Waals surface area contributed by atoms with Gasteiger partial charge in [0.1, 0.15) is 11.2 Å². The van der Waals surface area contributed by atoms with Gasteiger partial charge in [-0.05, 0) is 42.9 Å². The summed E-state index contributed by atoms with van der Waals surface area (Å²) in [6.07, 6.45) is 4.04. The Kier molecular flexibility index (Phi) is 4.23. The monoisotopic (exact) mass is 380 g/mol. The van der Waals surface area contributed by atoms with Gasteiger partial charge in [-0.2, -0.15) is 0 Å². The van der Waals surface area contributed by atoms with Gasteiger partial charge in [-0.15, -0.1) is 11.3 Å². The number of benzene rings is 1. The number of hydrogen-bond acceptors (Lipinski definition) is 3. The van der Waals surface area contributed by atoms with Gasteiger partial charge in [-0.1, -0.05) is 42.6 Å². The first-order chi connectivity index (χ1) is 11.6. The van der Waals surface area contributed by atoms with Crippen molar-refractivity contribution in [3.05, 3.63) is 49.8 Å². The molecule has 0 unspecified atom stereocenters. The van der Waals surface area contributed by atoms with Gasteiger partial charge in [-0.3, -0.25) is 4.79 Å².